The van der Waals surface area contributed by atoms with Gasteiger partial charge in [-0.15, -0.1) is 11.3 Å². The maximum Gasteiger partial charge on any atom is 0.0707 e. The molecule has 3 heterocycles. The first kappa shape index (κ1) is 14.0. The lowest BCUT2D eigenvalue weighted by molar-refractivity contribution is -0.0563. The van der Waals surface area contributed by atoms with Crippen LogP contribution in [0.2, 0.25) is 0 Å². The van der Waals surface area contributed by atoms with Crippen molar-refractivity contribution >= 4 is 27.3 Å². The molecule has 4 atom stereocenters. The van der Waals surface area contributed by atoms with Crippen LogP contribution in [0.25, 0.3) is 0 Å². The third-order valence-corrected chi connectivity index (χ3v) is 5.99. The molecule has 2 N–H and O–H groups in total. The van der Waals surface area contributed by atoms with Crippen LogP contribution in [-0.2, 0) is 4.74 Å². The van der Waals surface area contributed by atoms with Crippen LogP contribution in [0.1, 0.15) is 37.1 Å². The zero-order valence-corrected chi connectivity index (χ0v) is 13.6. The van der Waals surface area contributed by atoms with E-state index in [0.29, 0.717) is 18.2 Å². The highest BCUT2D eigenvalue weighted by atomic mass is 79.9. The fourth-order valence-electron chi connectivity index (χ4n) is 3.24. The van der Waals surface area contributed by atoms with E-state index in [1.54, 1.807) is 0 Å². The molecule has 0 amide bonds. The highest BCUT2D eigenvalue weighted by Crippen LogP contribution is 2.36. The summed E-state index contributed by atoms with van der Waals surface area (Å²) in [4.78, 5) is 3.93. The zero-order chi connectivity index (χ0) is 13.4. The Balaban J connectivity index is 1.83. The lowest BCUT2D eigenvalue weighted by atomic mass is 10.0. The summed E-state index contributed by atoms with van der Waals surface area (Å²) in [5.74, 6) is 0. The van der Waals surface area contributed by atoms with Gasteiger partial charge in [-0.2, -0.15) is 0 Å². The van der Waals surface area contributed by atoms with E-state index in [1.807, 2.05) is 11.3 Å². The number of rotatable bonds is 4. The smallest absolute Gasteiger partial charge is 0.0707 e. The molecule has 4 unspecified atom stereocenters. The summed E-state index contributed by atoms with van der Waals surface area (Å²) in [6, 6.07) is 2.76. The van der Waals surface area contributed by atoms with E-state index < -0.39 is 0 Å². The van der Waals surface area contributed by atoms with E-state index in [9.17, 15) is 0 Å². The predicted molar refractivity (Wildman–Crippen MR) is 82.5 cm³/mol. The van der Waals surface area contributed by atoms with Gasteiger partial charge in [0.1, 0.15) is 0 Å². The molecular weight excluding hydrogens is 324 g/mol. The summed E-state index contributed by atoms with van der Waals surface area (Å²) in [6.45, 7) is 4.24. The van der Waals surface area contributed by atoms with Crippen molar-refractivity contribution in [3.8, 4) is 0 Å². The highest BCUT2D eigenvalue weighted by molar-refractivity contribution is 9.10. The van der Waals surface area contributed by atoms with Crippen LogP contribution in [0.3, 0.4) is 0 Å². The number of likely N-dealkylation sites (tertiary alicyclic amines) is 1. The second-order valence-electron chi connectivity index (χ2n) is 5.60. The molecule has 3 rings (SSSR count). The molecule has 0 aliphatic carbocycles. The van der Waals surface area contributed by atoms with Gasteiger partial charge < -0.3 is 10.5 Å². The number of nitrogens with zero attached hydrogens (tertiary/aromatic N) is 1. The van der Waals surface area contributed by atoms with Crippen LogP contribution in [0.15, 0.2) is 15.9 Å². The third-order valence-electron chi connectivity index (χ3n) is 4.22. The number of nitrogens with two attached hydrogens (primary N) is 1. The quantitative estimate of drug-likeness (QED) is 0.911. The molecule has 0 spiro atoms. The largest absolute Gasteiger partial charge is 0.372 e. The van der Waals surface area contributed by atoms with Crippen LogP contribution in [0, 0.1) is 0 Å². The maximum absolute atomic E-state index is 6.41. The molecule has 2 bridgehead atoms. The van der Waals surface area contributed by atoms with Crippen molar-refractivity contribution < 1.29 is 4.74 Å². The van der Waals surface area contributed by atoms with Crippen molar-refractivity contribution in [2.24, 2.45) is 5.73 Å². The Labute approximate surface area is 127 Å². The van der Waals surface area contributed by atoms with Crippen LogP contribution in [0.5, 0.6) is 0 Å². The Morgan fingerprint density at radius 3 is 2.68 bits per heavy atom. The van der Waals surface area contributed by atoms with E-state index in [1.165, 1.54) is 17.7 Å². The van der Waals surface area contributed by atoms with Gasteiger partial charge in [-0.1, -0.05) is 6.92 Å². The minimum absolute atomic E-state index is 0.197. The van der Waals surface area contributed by atoms with Crippen molar-refractivity contribution in [3.63, 3.8) is 0 Å². The molecule has 2 aliphatic heterocycles. The van der Waals surface area contributed by atoms with E-state index in [2.05, 4.69) is 39.2 Å². The standard InChI is InChI=1S/C14H21BrN2OS/c1-2-12(16)14(13-5-9(15)8-19-13)17-6-10-3-4-11(7-17)18-10/h5,8,10-12,14H,2-4,6-7,16H2,1H3. The van der Waals surface area contributed by atoms with E-state index >= 15 is 0 Å². The number of halogens is 1. The first-order valence-corrected chi connectivity index (χ1v) is 8.73. The van der Waals surface area contributed by atoms with Gasteiger partial charge in [0.2, 0.25) is 0 Å². The normalized spacial score (nSPS) is 30.5. The highest BCUT2D eigenvalue weighted by Gasteiger charge is 2.38. The molecule has 2 saturated heterocycles. The average Bonchev–Trinajstić information content (AvgIpc) is 2.96. The Bertz CT molecular complexity index is 427. The first-order valence-electron chi connectivity index (χ1n) is 7.06. The Hall–Kier alpha value is 0.0600. The van der Waals surface area contributed by atoms with Gasteiger partial charge in [0.15, 0.2) is 0 Å². The molecule has 1 aromatic heterocycles. The monoisotopic (exact) mass is 344 g/mol. The first-order chi connectivity index (χ1) is 9.17. The molecule has 2 fully saturated rings. The van der Waals surface area contributed by atoms with E-state index in [0.717, 1.165) is 24.0 Å². The maximum atomic E-state index is 6.41. The van der Waals surface area contributed by atoms with Gasteiger partial charge in [-0.25, -0.2) is 0 Å². The summed E-state index contributed by atoms with van der Waals surface area (Å²) in [6.07, 6.45) is 4.28. The van der Waals surface area contributed by atoms with Crippen molar-refractivity contribution in [1.29, 1.82) is 0 Å². The fraction of sp³-hybridized carbons (Fsp3) is 0.714. The number of thiophene rings is 1. The Morgan fingerprint density at radius 2 is 2.16 bits per heavy atom. The van der Waals surface area contributed by atoms with E-state index in [4.69, 9.17) is 10.5 Å². The number of ether oxygens (including phenoxy) is 1. The summed E-state index contributed by atoms with van der Waals surface area (Å²) in [7, 11) is 0. The number of hydrogen-bond donors (Lipinski definition) is 1. The second kappa shape index (κ2) is 5.82. The van der Waals surface area contributed by atoms with Crippen LogP contribution >= 0.6 is 27.3 Å². The van der Waals surface area contributed by atoms with Crippen molar-refractivity contribution in [2.75, 3.05) is 13.1 Å². The molecule has 1 aromatic rings. The molecule has 19 heavy (non-hydrogen) atoms. The number of hydrogen-bond acceptors (Lipinski definition) is 4. The zero-order valence-electron chi connectivity index (χ0n) is 11.2. The van der Waals surface area contributed by atoms with E-state index in [-0.39, 0.29) is 6.04 Å². The molecule has 3 nitrogen and oxygen atoms in total. The number of fused-ring (bicyclic) bond motifs is 2. The van der Waals surface area contributed by atoms with Gasteiger partial charge in [0, 0.05) is 33.9 Å². The summed E-state index contributed by atoms with van der Waals surface area (Å²) < 4.78 is 7.11. The number of morpholine rings is 1. The summed E-state index contributed by atoms with van der Waals surface area (Å²) in [5, 5.41) is 2.15. The van der Waals surface area contributed by atoms with Gasteiger partial charge >= 0.3 is 0 Å². The molecule has 0 radical (unpaired) electrons. The Morgan fingerprint density at radius 1 is 1.47 bits per heavy atom. The van der Waals surface area contributed by atoms with Crippen LogP contribution in [-0.4, -0.2) is 36.2 Å². The topological polar surface area (TPSA) is 38.5 Å². The fourth-order valence-corrected chi connectivity index (χ4v) is 4.90. The van der Waals surface area contributed by atoms with Gasteiger partial charge in [0.25, 0.3) is 0 Å². The predicted octanol–water partition coefficient (Wildman–Crippen LogP) is 3.15. The van der Waals surface area contributed by atoms with Crippen LogP contribution < -0.4 is 5.73 Å². The average molecular weight is 345 g/mol. The lowest BCUT2D eigenvalue weighted by Gasteiger charge is -2.40. The lowest BCUT2D eigenvalue weighted by Crippen LogP contribution is -2.49. The molecular formula is C14H21BrN2OS. The van der Waals surface area contributed by atoms with Crippen molar-refractivity contribution in [3.05, 3.63) is 20.8 Å². The van der Waals surface area contributed by atoms with Gasteiger partial charge in [0.05, 0.1) is 18.2 Å². The molecule has 0 saturated carbocycles. The van der Waals surface area contributed by atoms with Crippen molar-refractivity contribution in [1.82, 2.24) is 4.90 Å². The Kier molecular flexibility index (Phi) is 4.29. The third kappa shape index (κ3) is 2.90. The summed E-state index contributed by atoms with van der Waals surface area (Å²) >= 11 is 5.37. The molecule has 0 aromatic carbocycles. The van der Waals surface area contributed by atoms with Gasteiger partial charge in [-0.3, -0.25) is 4.90 Å². The van der Waals surface area contributed by atoms with Gasteiger partial charge in [-0.05, 0) is 41.3 Å². The minimum atomic E-state index is 0.197. The molecule has 2 aliphatic rings. The summed E-state index contributed by atoms with van der Waals surface area (Å²) in [5.41, 5.74) is 6.41. The minimum Gasteiger partial charge on any atom is -0.372 e. The second-order valence-corrected chi connectivity index (χ2v) is 7.45. The molecule has 5 heteroatoms. The SMILES string of the molecule is CCC(N)C(c1cc(Br)cs1)N1CC2CCC(C1)O2. The van der Waals surface area contributed by atoms with Crippen molar-refractivity contribution in [2.45, 2.75) is 50.5 Å². The van der Waals surface area contributed by atoms with Crippen LogP contribution in [0.4, 0.5) is 0 Å². The molecule has 106 valence electrons.